The zero-order chi connectivity index (χ0) is 14.5. The van der Waals surface area contributed by atoms with Crippen LogP contribution in [0.1, 0.15) is 11.5 Å². The number of benzene rings is 2. The van der Waals surface area contributed by atoms with Crippen LogP contribution < -0.4 is 5.32 Å². The largest absolute Gasteiger partial charge is 0.414 e. The Kier molecular flexibility index (Phi) is 4.02. The Morgan fingerprint density at radius 2 is 1.62 bits per heavy atom. The third-order valence-corrected chi connectivity index (χ3v) is 3.25. The molecule has 3 rings (SSSR count). The summed E-state index contributed by atoms with van der Waals surface area (Å²) in [6.45, 7) is 0.628. The first-order valence-corrected chi connectivity index (χ1v) is 6.95. The Hall–Kier alpha value is -2.53. The summed E-state index contributed by atoms with van der Waals surface area (Å²) >= 11 is 5.28. The first-order chi connectivity index (χ1) is 10.3. The van der Waals surface area contributed by atoms with Crippen LogP contribution in [-0.2, 0) is 6.54 Å². The highest BCUT2D eigenvalue weighted by atomic mass is 32.1. The second-order valence-corrected chi connectivity index (χ2v) is 4.85. The molecule has 1 heterocycles. The fourth-order valence-electron chi connectivity index (χ4n) is 1.87. The average Bonchev–Trinajstić information content (AvgIpc) is 3.04. The van der Waals surface area contributed by atoms with E-state index in [4.69, 9.17) is 16.6 Å². The molecule has 4 nitrogen and oxygen atoms in total. The Morgan fingerprint density at radius 1 is 0.952 bits per heavy atom. The molecule has 5 heteroatoms. The van der Waals surface area contributed by atoms with E-state index in [1.54, 1.807) is 0 Å². The number of nitrogens with zero attached hydrogens (tertiary/aromatic N) is 2. The van der Waals surface area contributed by atoms with Crippen molar-refractivity contribution >= 4 is 17.2 Å². The van der Waals surface area contributed by atoms with Crippen molar-refractivity contribution in [3.8, 4) is 11.5 Å². The minimum absolute atomic E-state index is 0.333. The quantitative estimate of drug-likeness (QED) is 0.749. The van der Waals surface area contributed by atoms with E-state index in [0.717, 1.165) is 11.1 Å². The van der Waals surface area contributed by atoms with E-state index < -0.39 is 0 Å². The summed E-state index contributed by atoms with van der Waals surface area (Å²) in [7, 11) is 0. The van der Waals surface area contributed by atoms with Crippen LogP contribution in [0.5, 0.6) is 0 Å². The normalized spacial score (nSPS) is 10.3. The van der Waals surface area contributed by atoms with E-state index in [2.05, 4.69) is 15.5 Å². The molecule has 2 aromatic carbocycles. The van der Waals surface area contributed by atoms with Crippen LogP contribution in [0.4, 0.5) is 0 Å². The molecule has 0 bridgehead atoms. The average molecular weight is 295 g/mol. The summed E-state index contributed by atoms with van der Waals surface area (Å²) in [5.74, 6) is 0.800. The Bertz CT molecular complexity index is 726. The van der Waals surface area contributed by atoms with Crippen molar-refractivity contribution < 1.29 is 4.42 Å². The molecule has 0 radical (unpaired) electrons. The van der Waals surface area contributed by atoms with Crippen molar-refractivity contribution in [2.75, 3.05) is 0 Å². The van der Waals surface area contributed by atoms with Gasteiger partial charge in [-0.25, -0.2) is 0 Å². The highest BCUT2D eigenvalue weighted by Crippen LogP contribution is 2.17. The molecule has 0 unspecified atom stereocenters. The van der Waals surface area contributed by atoms with Gasteiger partial charge in [-0.3, -0.25) is 0 Å². The highest BCUT2D eigenvalue weighted by Gasteiger charge is 2.12. The van der Waals surface area contributed by atoms with Gasteiger partial charge in [0.05, 0.1) is 0 Å². The maximum Gasteiger partial charge on any atom is 0.275 e. The van der Waals surface area contributed by atoms with Crippen LogP contribution in [0.2, 0.25) is 0 Å². The second kappa shape index (κ2) is 6.28. The van der Waals surface area contributed by atoms with Gasteiger partial charge in [-0.1, -0.05) is 60.7 Å². The van der Waals surface area contributed by atoms with Gasteiger partial charge in [0.2, 0.25) is 5.89 Å². The zero-order valence-electron chi connectivity index (χ0n) is 11.2. The summed E-state index contributed by atoms with van der Waals surface area (Å²) in [6.07, 6.45) is 0. The molecule has 104 valence electrons. The third kappa shape index (κ3) is 3.32. The van der Waals surface area contributed by atoms with Crippen LogP contribution in [0.15, 0.2) is 65.1 Å². The lowest BCUT2D eigenvalue weighted by Gasteiger charge is -2.04. The molecule has 0 amide bonds. The Balaban J connectivity index is 1.67. The van der Waals surface area contributed by atoms with Crippen LogP contribution in [0.25, 0.3) is 11.5 Å². The van der Waals surface area contributed by atoms with Crippen molar-refractivity contribution in [2.24, 2.45) is 0 Å². The molecule has 0 spiro atoms. The van der Waals surface area contributed by atoms with E-state index in [1.165, 1.54) is 0 Å². The summed E-state index contributed by atoms with van der Waals surface area (Å²) in [4.78, 5) is 0.452. The van der Waals surface area contributed by atoms with Crippen LogP contribution in [0.3, 0.4) is 0 Å². The molecular formula is C16H13N3OS. The highest BCUT2D eigenvalue weighted by molar-refractivity contribution is 7.80. The van der Waals surface area contributed by atoms with Gasteiger partial charge in [-0.05, 0) is 17.7 Å². The van der Waals surface area contributed by atoms with Gasteiger partial charge in [-0.15, -0.1) is 10.2 Å². The van der Waals surface area contributed by atoms with Crippen LogP contribution >= 0.6 is 12.2 Å². The minimum atomic E-state index is 0.333. The van der Waals surface area contributed by atoms with Gasteiger partial charge in [0, 0.05) is 12.1 Å². The van der Waals surface area contributed by atoms with E-state index in [-0.39, 0.29) is 0 Å². The lowest BCUT2D eigenvalue weighted by molar-refractivity contribution is 0.556. The molecule has 0 atom stereocenters. The van der Waals surface area contributed by atoms with E-state index in [1.807, 2.05) is 60.7 Å². The molecular weight excluding hydrogens is 282 g/mol. The fourth-order valence-corrected chi connectivity index (χ4v) is 2.02. The van der Waals surface area contributed by atoms with Crippen molar-refractivity contribution in [3.63, 3.8) is 0 Å². The summed E-state index contributed by atoms with van der Waals surface area (Å²) in [5, 5.41) is 11.1. The van der Waals surface area contributed by atoms with Gasteiger partial charge < -0.3 is 9.73 Å². The van der Waals surface area contributed by atoms with Crippen molar-refractivity contribution in [3.05, 3.63) is 72.1 Å². The smallest absolute Gasteiger partial charge is 0.275 e. The predicted molar refractivity (Wildman–Crippen MR) is 84.7 cm³/mol. The molecule has 0 saturated heterocycles. The monoisotopic (exact) mass is 295 g/mol. The number of hydrogen-bond donors (Lipinski definition) is 1. The number of aromatic nitrogens is 2. The van der Waals surface area contributed by atoms with Gasteiger partial charge in [0.15, 0.2) is 4.99 Å². The molecule has 3 aromatic rings. The lowest BCUT2D eigenvalue weighted by Crippen LogP contribution is -2.21. The first-order valence-electron chi connectivity index (χ1n) is 6.54. The standard InChI is InChI=1S/C16H13N3OS/c21-16(17-11-12-7-3-1-4-8-12)15-19-18-14(20-15)13-9-5-2-6-10-13/h1-10H,11H2,(H,17,21). The topological polar surface area (TPSA) is 51.0 Å². The molecule has 1 aromatic heterocycles. The van der Waals surface area contributed by atoms with E-state index in [9.17, 15) is 0 Å². The molecule has 0 fully saturated rings. The van der Waals surface area contributed by atoms with Crippen LogP contribution in [0, 0.1) is 0 Å². The Morgan fingerprint density at radius 3 is 2.33 bits per heavy atom. The molecule has 21 heavy (non-hydrogen) atoms. The Labute approximate surface area is 127 Å². The van der Waals surface area contributed by atoms with E-state index in [0.29, 0.717) is 23.3 Å². The summed E-state index contributed by atoms with van der Waals surface area (Å²) < 4.78 is 5.59. The van der Waals surface area contributed by atoms with Gasteiger partial charge in [-0.2, -0.15) is 0 Å². The first kappa shape index (κ1) is 13.5. The van der Waals surface area contributed by atoms with Crippen molar-refractivity contribution in [2.45, 2.75) is 6.54 Å². The minimum Gasteiger partial charge on any atom is -0.414 e. The van der Waals surface area contributed by atoms with Crippen molar-refractivity contribution in [1.82, 2.24) is 15.5 Å². The number of hydrogen-bond acceptors (Lipinski definition) is 4. The lowest BCUT2D eigenvalue weighted by atomic mass is 10.2. The molecule has 0 saturated carbocycles. The maximum atomic E-state index is 5.59. The van der Waals surface area contributed by atoms with Gasteiger partial charge >= 0.3 is 0 Å². The summed E-state index contributed by atoms with van der Waals surface area (Å²) in [5.41, 5.74) is 2.02. The van der Waals surface area contributed by atoms with Crippen LogP contribution in [-0.4, -0.2) is 15.2 Å². The van der Waals surface area contributed by atoms with Gasteiger partial charge in [0.1, 0.15) is 0 Å². The zero-order valence-corrected chi connectivity index (χ0v) is 12.0. The van der Waals surface area contributed by atoms with Crippen molar-refractivity contribution in [1.29, 1.82) is 0 Å². The third-order valence-electron chi connectivity index (χ3n) is 2.94. The SMILES string of the molecule is S=C(NCc1ccccc1)c1nnc(-c2ccccc2)o1. The van der Waals surface area contributed by atoms with Gasteiger partial charge in [0.25, 0.3) is 5.89 Å². The number of nitrogens with one attached hydrogen (secondary N) is 1. The second-order valence-electron chi connectivity index (χ2n) is 4.45. The summed E-state index contributed by atoms with van der Waals surface area (Å²) in [6, 6.07) is 19.6. The fraction of sp³-hybridized carbons (Fsp3) is 0.0625. The molecule has 0 aliphatic carbocycles. The van der Waals surface area contributed by atoms with E-state index >= 15 is 0 Å². The molecule has 0 aliphatic heterocycles. The molecule has 1 N–H and O–H groups in total. The predicted octanol–water partition coefficient (Wildman–Crippen LogP) is 3.20. The number of thiocarbonyl (C=S) groups is 1. The maximum absolute atomic E-state index is 5.59. The molecule has 0 aliphatic rings. The number of rotatable bonds is 4.